The van der Waals surface area contributed by atoms with Crippen molar-refractivity contribution in [3.8, 4) is 0 Å². The predicted molar refractivity (Wildman–Crippen MR) is 149 cm³/mol. The van der Waals surface area contributed by atoms with Crippen LogP contribution in [0.25, 0.3) is 0 Å². The Morgan fingerprint density at radius 2 is 1.76 bits per heavy atom. The molecule has 1 aliphatic heterocycles. The number of Topliss-reactive ketones (excluding diaryl/α,β-unsaturated/α-hetero) is 1. The van der Waals surface area contributed by atoms with Crippen LogP contribution in [0.15, 0.2) is 64.3 Å². The second-order valence-corrected chi connectivity index (χ2v) is 10.7. The van der Waals surface area contributed by atoms with Gasteiger partial charge in [-0.3, -0.25) is 9.59 Å². The fraction of sp³-hybridized carbons (Fsp3) is 0.433. The minimum atomic E-state index is -0.978. The summed E-state index contributed by atoms with van der Waals surface area (Å²) in [5, 5.41) is 5.43. The summed E-state index contributed by atoms with van der Waals surface area (Å²) < 4.78 is 10.9. The Morgan fingerprint density at radius 3 is 2.34 bits per heavy atom. The first kappa shape index (κ1) is 27.6. The Morgan fingerprint density at radius 1 is 1.05 bits per heavy atom. The SMILES string of the molecule is CCCC1=C(C(=O)OCC)C(c2ccc(N(C)C)cc2)C2=C(CC(c3cccs3)C(C(=O)OCC)C2=O)N1. The number of dihydropyridines is 1. The molecule has 0 amide bonds. The highest BCUT2D eigenvalue weighted by Crippen LogP contribution is 2.49. The van der Waals surface area contributed by atoms with Crippen LogP contribution in [-0.4, -0.2) is 45.0 Å². The second-order valence-electron chi connectivity index (χ2n) is 9.72. The standard InChI is InChI=1S/C30H36N2O5S/c1-6-10-21-27(30(35)37-8-3)24(18-12-14-19(15-13-18)32(4)5)26-22(31-21)17-20(23-11-9-16-38-23)25(28(26)33)29(34)36-7-2/h9,11-16,20,24-25,31H,6-8,10,17H2,1-5H3. The van der Waals surface area contributed by atoms with Gasteiger partial charge < -0.3 is 19.7 Å². The van der Waals surface area contributed by atoms with Crippen LogP contribution < -0.4 is 10.2 Å². The smallest absolute Gasteiger partial charge is 0.336 e. The number of allylic oxidation sites excluding steroid dienone is 3. The summed E-state index contributed by atoms with van der Waals surface area (Å²) in [6.07, 6.45) is 1.92. The summed E-state index contributed by atoms with van der Waals surface area (Å²) in [6, 6.07) is 11.8. The molecule has 2 aromatic rings. The molecule has 0 saturated heterocycles. The van der Waals surface area contributed by atoms with Gasteiger partial charge in [-0.05, 0) is 55.8 Å². The van der Waals surface area contributed by atoms with E-state index in [0.717, 1.165) is 33.9 Å². The van der Waals surface area contributed by atoms with Crippen LogP contribution in [0.4, 0.5) is 5.69 Å². The fourth-order valence-electron chi connectivity index (χ4n) is 5.42. The molecule has 0 bridgehead atoms. The van der Waals surface area contributed by atoms with Crippen LogP contribution in [0.1, 0.15) is 62.3 Å². The lowest BCUT2D eigenvalue weighted by atomic mass is 9.68. The molecule has 0 fully saturated rings. The Hall–Kier alpha value is -3.39. The maximum atomic E-state index is 14.4. The van der Waals surface area contributed by atoms with Gasteiger partial charge in [0.05, 0.1) is 18.8 Å². The van der Waals surface area contributed by atoms with Crippen LogP contribution in [0.3, 0.4) is 0 Å². The van der Waals surface area contributed by atoms with E-state index >= 15 is 0 Å². The van der Waals surface area contributed by atoms with Crippen LogP contribution in [0.5, 0.6) is 0 Å². The number of ketones is 1. The minimum absolute atomic E-state index is 0.188. The number of hydrogen-bond acceptors (Lipinski definition) is 8. The van der Waals surface area contributed by atoms with E-state index in [-0.39, 0.29) is 24.9 Å². The number of carbonyl (C=O) groups is 3. The fourth-order valence-corrected chi connectivity index (χ4v) is 6.28. The number of hydrogen-bond donors (Lipinski definition) is 1. The van der Waals surface area contributed by atoms with E-state index in [1.807, 2.05) is 60.8 Å². The summed E-state index contributed by atoms with van der Waals surface area (Å²) in [6.45, 7) is 5.98. The molecule has 0 spiro atoms. The van der Waals surface area contributed by atoms with E-state index in [1.165, 1.54) is 11.3 Å². The Labute approximate surface area is 228 Å². The number of carbonyl (C=O) groups excluding carboxylic acids is 3. The molecule has 0 saturated carbocycles. The first-order valence-corrected chi connectivity index (χ1v) is 14.1. The van der Waals surface area contributed by atoms with Gasteiger partial charge in [0.1, 0.15) is 5.92 Å². The Kier molecular flexibility index (Phi) is 8.72. The third-order valence-corrected chi connectivity index (χ3v) is 8.10. The summed E-state index contributed by atoms with van der Waals surface area (Å²) in [5.74, 6) is -3.22. The summed E-state index contributed by atoms with van der Waals surface area (Å²) in [5.41, 5.74) is 4.26. The number of nitrogens with one attached hydrogen (secondary N) is 1. The normalized spacial score (nSPS) is 21.1. The van der Waals surface area contributed by atoms with Gasteiger partial charge in [0, 0.05) is 53.5 Å². The molecule has 4 rings (SSSR count). The van der Waals surface area contributed by atoms with Gasteiger partial charge in [-0.1, -0.05) is 31.5 Å². The van der Waals surface area contributed by atoms with Crippen molar-refractivity contribution >= 4 is 34.7 Å². The molecular weight excluding hydrogens is 500 g/mol. The van der Waals surface area contributed by atoms with Crippen LogP contribution >= 0.6 is 11.3 Å². The van der Waals surface area contributed by atoms with Crippen molar-refractivity contribution in [2.45, 2.75) is 51.9 Å². The maximum Gasteiger partial charge on any atom is 0.336 e. The van der Waals surface area contributed by atoms with Crippen molar-refractivity contribution < 1.29 is 23.9 Å². The van der Waals surface area contributed by atoms with Crippen molar-refractivity contribution in [3.63, 3.8) is 0 Å². The van der Waals surface area contributed by atoms with Gasteiger partial charge in [0.2, 0.25) is 0 Å². The van der Waals surface area contributed by atoms with Crippen LogP contribution in [0.2, 0.25) is 0 Å². The number of rotatable bonds is 9. The topological polar surface area (TPSA) is 84.9 Å². The molecule has 1 N–H and O–H groups in total. The molecule has 2 heterocycles. The number of benzene rings is 1. The van der Waals surface area contributed by atoms with Crippen molar-refractivity contribution in [2.75, 3.05) is 32.2 Å². The molecule has 3 unspecified atom stereocenters. The molecule has 0 radical (unpaired) electrons. The van der Waals surface area contributed by atoms with Crippen LogP contribution in [0, 0.1) is 5.92 Å². The average Bonchev–Trinajstić information content (AvgIpc) is 3.43. The van der Waals surface area contributed by atoms with E-state index in [0.29, 0.717) is 24.0 Å². The lowest BCUT2D eigenvalue weighted by Crippen LogP contribution is -2.43. The molecule has 8 heteroatoms. The lowest BCUT2D eigenvalue weighted by Gasteiger charge is -2.39. The van der Waals surface area contributed by atoms with Gasteiger partial charge in [0.25, 0.3) is 0 Å². The second kappa shape index (κ2) is 12.0. The molecule has 2 aliphatic rings. The van der Waals surface area contributed by atoms with E-state index in [2.05, 4.69) is 12.2 Å². The Balaban J connectivity index is 1.92. The highest BCUT2D eigenvalue weighted by Gasteiger charge is 2.49. The predicted octanol–water partition coefficient (Wildman–Crippen LogP) is 5.31. The van der Waals surface area contributed by atoms with Crippen molar-refractivity contribution in [3.05, 3.63) is 74.8 Å². The molecule has 7 nitrogen and oxygen atoms in total. The van der Waals surface area contributed by atoms with Gasteiger partial charge >= 0.3 is 11.9 Å². The summed E-state index contributed by atoms with van der Waals surface area (Å²) >= 11 is 1.53. The van der Waals surface area contributed by atoms with Crippen molar-refractivity contribution in [1.82, 2.24) is 5.32 Å². The third-order valence-electron chi connectivity index (χ3n) is 7.09. The molecule has 202 valence electrons. The van der Waals surface area contributed by atoms with E-state index in [4.69, 9.17) is 9.47 Å². The maximum absolute atomic E-state index is 14.4. The molecule has 1 aliphatic carbocycles. The number of esters is 2. The molecule has 1 aromatic carbocycles. The van der Waals surface area contributed by atoms with Gasteiger partial charge in [0.15, 0.2) is 5.78 Å². The Bertz CT molecular complexity index is 1240. The number of anilines is 1. The average molecular weight is 537 g/mol. The zero-order valence-corrected chi connectivity index (χ0v) is 23.5. The molecule has 3 atom stereocenters. The van der Waals surface area contributed by atoms with E-state index < -0.39 is 23.8 Å². The molecular formula is C30H36N2O5S. The summed E-state index contributed by atoms with van der Waals surface area (Å²) in [4.78, 5) is 44.0. The monoisotopic (exact) mass is 536 g/mol. The largest absolute Gasteiger partial charge is 0.465 e. The quantitative estimate of drug-likeness (QED) is 0.343. The first-order chi connectivity index (χ1) is 18.3. The highest BCUT2D eigenvalue weighted by atomic mass is 32.1. The van der Waals surface area contributed by atoms with E-state index in [1.54, 1.807) is 13.8 Å². The van der Waals surface area contributed by atoms with Crippen molar-refractivity contribution in [1.29, 1.82) is 0 Å². The molecule has 38 heavy (non-hydrogen) atoms. The zero-order chi connectivity index (χ0) is 27.4. The van der Waals surface area contributed by atoms with E-state index in [9.17, 15) is 14.4 Å². The third kappa shape index (κ3) is 5.27. The number of thiophene rings is 1. The number of nitrogens with zero attached hydrogens (tertiary/aromatic N) is 1. The lowest BCUT2D eigenvalue weighted by molar-refractivity contribution is -0.152. The highest BCUT2D eigenvalue weighted by molar-refractivity contribution is 7.10. The minimum Gasteiger partial charge on any atom is -0.465 e. The first-order valence-electron chi connectivity index (χ1n) is 13.2. The van der Waals surface area contributed by atoms with Crippen LogP contribution in [-0.2, 0) is 23.9 Å². The van der Waals surface area contributed by atoms with Gasteiger partial charge in [-0.15, -0.1) is 11.3 Å². The van der Waals surface area contributed by atoms with Crippen molar-refractivity contribution in [2.24, 2.45) is 5.92 Å². The summed E-state index contributed by atoms with van der Waals surface area (Å²) in [7, 11) is 3.92. The zero-order valence-electron chi connectivity index (χ0n) is 22.7. The van der Waals surface area contributed by atoms with Gasteiger partial charge in [-0.25, -0.2) is 4.79 Å². The van der Waals surface area contributed by atoms with Gasteiger partial charge in [-0.2, -0.15) is 0 Å². The molecule has 1 aromatic heterocycles. The number of ether oxygens (including phenoxy) is 2.